The highest BCUT2D eigenvalue weighted by Gasteiger charge is 2.15. The van der Waals surface area contributed by atoms with Crippen LogP contribution in [0, 0.1) is 18.6 Å². The number of halogens is 2. The van der Waals surface area contributed by atoms with Gasteiger partial charge in [0.05, 0.1) is 12.8 Å². The molecule has 3 aromatic rings. The van der Waals surface area contributed by atoms with Gasteiger partial charge in [-0.2, -0.15) is 0 Å². The summed E-state index contributed by atoms with van der Waals surface area (Å²) in [6.45, 7) is 1.66. The van der Waals surface area contributed by atoms with Crippen molar-refractivity contribution in [3.63, 3.8) is 0 Å². The lowest BCUT2D eigenvalue weighted by molar-refractivity contribution is 0.0594. The number of rotatable bonds is 3. The molecule has 0 bridgehead atoms. The summed E-state index contributed by atoms with van der Waals surface area (Å²) in [6.07, 6.45) is 0. The van der Waals surface area contributed by atoms with Crippen LogP contribution in [0.1, 0.15) is 16.1 Å². The highest BCUT2D eigenvalue weighted by molar-refractivity contribution is 5.98. The number of fused-ring (bicyclic) bond motifs is 1. The number of ether oxygens (including phenoxy) is 1. The molecule has 0 saturated heterocycles. The first-order chi connectivity index (χ1) is 11.5. The number of nitrogens with zero attached hydrogens (tertiary/aromatic N) is 1. The lowest BCUT2D eigenvalue weighted by Gasteiger charge is -2.12. The molecule has 6 heteroatoms. The average Bonchev–Trinajstić information content (AvgIpc) is 2.58. The van der Waals surface area contributed by atoms with Crippen molar-refractivity contribution in [1.29, 1.82) is 0 Å². The summed E-state index contributed by atoms with van der Waals surface area (Å²) < 4.78 is 32.5. The summed E-state index contributed by atoms with van der Waals surface area (Å²) in [6, 6.07) is 10.6. The summed E-state index contributed by atoms with van der Waals surface area (Å²) >= 11 is 0. The molecule has 0 saturated carbocycles. The van der Waals surface area contributed by atoms with Gasteiger partial charge in [0.15, 0.2) is 5.69 Å². The summed E-state index contributed by atoms with van der Waals surface area (Å²) in [5.41, 5.74) is 1.43. The molecule has 3 rings (SSSR count). The molecule has 0 amide bonds. The Balaban J connectivity index is 2.16. The van der Waals surface area contributed by atoms with Gasteiger partial charge in [-0.3, -0.25) is 0 Å². The molecule has 0 spiro atoms. The Kier molecular flexibility index (Phi) is 4.12. The van der Waals surface area contributed by atoms with Gasteiger partial charge in [-0.25, -0.2) is 18.6 Å². The predicted octanol–water partition coefficient (Wildman–Crippen LogP) is 4.35. The zero-order chi connectivity index (χ0) is 17.3. The molecular formula is C18H14F2N2O2. The number of para-hydroxylation sites is 1. The first kappa shape index (κ1) is 15.9. The maximum Gasteiger partial charge on any atom is 0.356 e. The minimum Gasteiger partial charge on any atom is -0.464 e. The van der Waals surface area contributed by atoms with Gasteiger partial charge in [0.25, 0.3) is 0 Å². The number of benzene rings is 2. The van der Waals surface area contributed by atoms with Gasteiger partial charge in [-0.15, -0.1) is 0 Å². The molecule has 1 N–H and O–H groups in total. The second-order valence-electron chi connectivity index (χ2n) is 5.27. The SMILES string of the molecule is COC(=O)c1cc(Nc2ccc(C)c(F)c2)c2cccc(F)c2n1. The van der Waals surface area contributed by atoms with Crippen molar-refractivity contribution in [2.75, 3.05) is 12.4 Å². The molecule has 4 nitrogen and oxygen atoms in total. The van der Waals surface area contributed by atoms with Gasteiger partial charge < -0.3 is 10.1 Å². The molecular weight excluding hydrogens is 314 g/mol. The topological polar surface area (TPSA) is 51.2 Å². The molecule has 1 heterocycles. The Morgan fingerprint density at radius 1 is 1.12 bits per heavy atom. The Bertz CT molecular complexity index is 942. The van der Waals surface area contributed by atoms with Gasteiger partial charge in [0.1, 0.15) is 17.2 Å². The normalized spacial score (nSPS) is 10.7. The number of carbonyl (C=O) groups excluding carboxylic acids is 1. The van der Waals surface area contributed by atoms with E-state index in [1.165, 1.54) is 31.4 Å². The summed E-state index contributed by atoms with van der Waals surface area (Å²) in [5.74, 6) is -1.60. The van der Waals surface area contributed by atoms with Gasteiger partial charge in [-0.05, 0) is 36.8 Å². The fraction of sp³-hybridized carbons (Fsp3) is 0.111. The van der Waals surface area contributed by atoms with E-state index in [-0.39, 0.29) is 17.0 Å². The number of hydrogen-bond acceptors (Lipinski definition) is 4. The Morgan fingerprint density at radius 3 is 2.62 bits per heavy atom. The zero-order valence-corrected chi connectivity index (χ0v) is 13.1. The van der Waals surface area contributed by atoms with Gasteiger partial charge in [-0.1, -0.05) is 18.2 Å². The molecule has 1 aromatic heterocycles. The number of nitrogens with one attached hydrogen (secondary N) is 1. The summed E-state index contributed by atoms with van der Waals surface area (Å²) in [5, 5.41) is 3.48. The van der Waals surface area contributed by atoms with Gasteiger partial charge >= 0.3 is 5.97 Å². The lowest BCUT2D eigenvalue weighted by Crippen LogP contribution is -2.06. The molecule has 0 unspecified atom stereocenters. The first-order valence-electron chi connectivity index (χ1n) is 7.20. The fourth-order valence-corrected chi connectivity index (χ4v) is 2.35. The molecule has 122 valence electrons. The van der Waals surface area contributed by atoms with E-state index >= 15 is 0 Å². The van der Waals surface area contributed by atoms with Crippen LogP contribution in [0.4, 0.5) is 20.2 Å². The molecule has 0 aliphatic carbocycles. The Labute approximate surface area is 137 Å². The smallest absolute Gasteiger partial charge is 0.356 e. The van der Waals surface area contributed by atoms with Crippen molar-refractivity contribution in [2.24, 2.45) is 0 Å². The maximum absolute atomic E-state index is 14.1. The Morgan fingerprint density at radius 2 is 1.92 bits per heavy atom. The zero-order valence-electron chi connectivity index (χ0n) is 13.1. The lowest BCUT2D eigenvalue weighted by atomic mass is 10.1. The van der Waals surface area contributed by atoms with Crippen molar-refractivity contribution in [1.82, 2.24) is 4.98 Å². The standard InChI is InChI=1S/C18H14F2N2O2/c1-10-6-7-11(8-14(10)20)21-15-9-16(18(23)24-2)22-17-12(15)4-3-5-13(17)19/h3-9H,1-2H3,(H,21,22). The van der Waals surface area contributed by atoms with Gasteiger partial charge in [0.2, 0.25) is 0 Å². The molecule has 2 aromatic carbocycles. The number of aromatic nitrogens is 1. The van der Waals surface area contributed by atoms with E-state index in [0.717, 1.165) is 0 Å². The third-order valence-electron chi connectivity index (χ3n) is 3.64. The van der Waals surface area contributed by atoms with E-state index in [0.29, 0.717) is 22.3 Å². The highest BCUT2D eigenvalue weighted by atomic mass is 19.1. The van der Waals surface area contributed by atoms with Crippen LogP contribution in [-0.4, -0.2) is 18.1 Å². The summed E-state index contributed by atoms with van der Waals surface area (Å²) in [4.78, 5) is 15.8. The number of pyridine rings is 1. The van der Waals surface area contributed by atoms with Crippen LogP contribution >= 0.6 is 0 Å². The first-order valence-corrected chi connectivity index (χ1v) is 7.20. The molecule has 24 heavy (non-hydrogen) atoms. The second-order valence-corrected chi connectivity index (χ2v) is 5.27. The molecule has 0 atom stereocenters. The minimum atomic E-state index is -0.682. The molecule has 0 fully saturated rings. The van der Waals surface area contributed by atoms with E-state index in [2.05, 4.69) is 15.0 Å². The number of anilines is 2. The number of esters is 1. The maximum atomic E-state index is 14.1. The average molecular weight is 328 g/mol. The summed E-state index contributed by atoms with van der Waals surface area (Å²) in [7, 11) is 1.22. The van der Waals surface area contributed by atoms with Crippen molar-refractivity contribution in [3.05, 3.63) is 65.4 Å². The van der Waals surface area contributed by atoms with Crippen LogP contribution in [0.3, 0.4) is 0 Å². The fourth-order valence-electron chi connectivity index (χ4n) is 2.35. The third-order valence-corrected chi connectivity index (χ3v) is 3.64. The van der Waals surface area contributed by atoms with E-state index in [1.807, 2.05) is 0 Å². The van der Waals surface area contributed by atoms with Crippen LogP contribution in [-0.2, 0) is 4.74 Å². The third kappa shape index (κ3) is 2.90. The van der Waals surface area contributed by atoms with E-state index in [4.69, 9.17) is 0 Å². The van der Waals surface area contributed by atoms with Crippen LogP contribution < -0.4 is 5.32 Å². The molecule has 0 radical (unpaired) electrons. The van der Waals surface area contributed by atoms with Crippen molar-refractivity contribution in [3.8, 4) is 0 Å². The van der Waals surface area contributed by atoms with Crippen LogP contribution in [0.5, 0.6) is 0 Å². The van der Waals surface area contributed by atoms with Crippen molar-refractivity contribution in [2.45, 2.75) is 6.92 Å². The largest absolute Gasteiger partial charge is 0.464 e. The van der Waals surface area contributed by atoms with Crippen LogP contribution in [0.15, 0.2) is 42.5 Å². The van der Waals surface area contributed by atoms with Crippen molar-refractivity contribution >= 4 is 28.2 Å². The molecule has 0 aliphatic rings. The highest BCUT2D eigenvalue weighted by Crippen LogP contribution is 2.28. The van der Waals surface area contributed by atoms with E-state index in [1.54, 1.807) is 25.1 Å². The van der Waals surface area contributed by atoms with E-state index < -0.39 is 11.8 Å². The minimum absolute atomic E-state index is 0.0369. The molecule has 0 aliphatic heterocycles. The van der Waals surface area contributed by atoms with E-state index in [9.17, 15) is 13.6 Å². The van der Waals surface area contributed by atoms with Gasteiger partial charge in [0, 0.05) is 11.1 Å². The quantitative estimate of drug-likeness (QED) is 0.726. The number of methoxy groups -OCH3 is 1. The number of hydrogen-bond donors (Lipinski definition) is 1. The van der Waals surface area contributed by atoms with Crippen LogP contribution in [0.2, 0.25) is 0 Å². The number of aryl methyl sites for hydroxylation is 1. The van der Waals surface area contributed by atoms with Crippen molar-refractivity contribution < 1.29 is 18.3 Å². The predicted molar refractivity (Wildman–Crippen MR) is 87.5 cm³/mol. The Hall–Kier alpha value is -3.02. The monoisotopic (exact) mass is 328 g/mol. The second kappa shape index (κ2) is 6.23. The number of carbonyl (C=O) groups is 1. The van der Waals surface area contributed by atoms with Crippen LogP contribution in [0.25, 0.3) is 10.9 Å².